The lowest BCUT2D eigenvalue weighted by atomic mass is 10.1. The minimum Gasteiger partial charge on any atom is -0.264 e. The van der Waals surface area contributed by atoms with Crippen LogP contribution in [0.15, 0.2) is 24.5 Å². The second kappa shape index (κ2) is 4.35. The van der Waals surface area contributed by atoms with Crippen molar-refractivity contribution < 1.29 is 0 Å². The average molecular weight is 170 g/mol. The fourth-order valence-electron chi connectivity index (χ4n) is 0.912. The maximum Gasteiger partial charge on any atom is 0.0311 e. The number of aromatic nitrogens is 1. The van der Waals surface area contributed by atoms with Gasteiger partial charge < -0.3 is 0 Å². The van der Waals surface area contributed by atoms with Crippen LogP contribution >= 0.6 is 11.6 Å². The summed E-state index contributed by atoms with van der Waals surface area (Å²) in [5, 5.41) is 0.259. The van der Waals surface area contributed by atoms with Crippen LogP contribution in [0.1, 0.15) is 18.9 Å². The second-order valence-electron chi connectivity index (χ2n) is 2.68. The molecular weight excluding hydrogens is 158 g/mol. The lowest BCUT2D eigenvalue weighted by Gasteiger charge is -2.01. The van der Waals surface area contributed by atoms with E-state index < -0.39 is 0 Å². The Morgan fingerprint density at radius 3 is 3.00 bits per heavy atom. The van der Waals surface area contributed by atoms with Crippen molar-refractivity contribution in [1.29, 1.82) is 0 Å². The summed E-state index contributed by atoms with van der Waals surface area (Å²) in [6.45, 7) is 2.01. The number of halogens is 1. The molecule has 1 unspecified atom stereocenters. The first kappa shape index (κ1) is 8.54. The molecule has 0 aliphatic carbocycles. The van der Waals surface area contributed by atoms with E-state index in [0.29, 0.717) is 0 Å². The maximum atomic E-state index is 5.81. The molecule has 1 nitrogen and oxygen atoms in total. The summed E-state index contributed by atoms with van der Waals surface area (Å²) in [4.78, 5) is 4.02. The molecule has 2 heteroatoms. The zero-order chi connectivity index (χ0) is 8.10. The van der Waals surface area contributed by atoms with Crippen molar-refractivity contribution in [1.82, 2.24) is 4.98 Å². The first-order chi connectivity index (χ1) is 5.29. The van der Waals surface area contributed by atoms with Gasteiger partial charge in [0.05, 0.1) is 0 Å². The third kappa shape index (κ3) is 3.38. The van der Waals surface area contributed by atoms with Gasteiger partial charge in [0.2, 0.25) is 0 Å². The van der Waals surface area contributed by atoms with Crippen LogP contribution in [0, 0.1) is 0 Å². The molecule has 0 N–H and O–H groups in total. The van der Waals surface area contributed by atoms with Gasteiger partial charge in [-0.05, 0) is 31.4 Å². The fraction of sp³-hybridized carbons (Fsp3) is 0.444. The van der Waals surface area contributed by atoms with E-state index in [1.807, 2.05) is 19.2 Å². The molecule has 0 bridgehead atoms. The normalized spacial score (nSPS) is 12.9. The summed E-state index contributed by atoms with van der Waals surface area (Å²) in [5.41, 5.74) is 1.26. The van der Waals surface area contributed by atoms with Crippen LogP contribution in [0.25, 0.3) is 0 Å². The number of alkyl halides is 1. The molecule has 0 aliphatic rings. The molecule has 1 atom stereocenters. The Hall–Kier alpha value is -0.560. The highest BCUT2D eigenvalue weighted by Crippen LogP contribution is 2.06. The van der Waals surface area contributed by atoms with Crippen molar-refractivity contribution in [3.63, 3.8) is 0 Å². The van der Waals surface area contributed by atoms with E-state index in [0.717, 1.165) is 12.8 Å². The van der Waals surface area contributed by atoms with E-state index in [2.05, 4.69) is 11.1 Å². The summed E-state index contributed by atoms with van der Waals surface area (Å²) < 4.78 is 0. The van der Waals surface area contributed by atoms with Gasteiger partial charge in [0.25, 0.3) is 0 Å². The highest BCUT2D eigenvalue weighted by atomic mass is 35.5. The summed E-state index contributed by atoms with van der Waals surface area (Å²) in [5.74, 6) is 0. The van der Waals surface area contributed by atoms with E-state index in [1.54, 1.807) is 6.20 Å². The molecule has 0 spiro atoms. The van der Waals surface area contributed by atoms with Gasteiger partial charge in [-0.25, -0.2) is 0 Å². The van der Waals surface area contributed by atoms with Gasteiger partial charge in [0.15, 0.2) is 0 Å². The van der Waals surface area contributed by atoms with Gasteiger partial charge in [-0.3, -0.25) is 4.98 Å². The van der Waals surface area contributed by atoms with Crippen LogP contribution in [0.2, 0.25) is 0 Å². The molecule has 1 aromatic rings. The molecule has 0 saturated heterocycles. The lowest BCUT2D eigenvalue weighted by Crippen LogP contribution is -1.94. The first-order valence-corrected chi connectivity index (χ1v) is 4.25. The predicted molar refractivity (Wildman–Crippen MR) is 47.9 cm³/mol. The molecule has 60 valence electrons. The summed E-state index contributed by atoms with van der Waals surface area (Å²) >= 11 is 5.81. The molecule has 0 radical (unpaired) electrons. The quantitative estimate of drug-likeness (QED) is 0.634. The molecule has 1 rings (SSSR count). The van der Waals surface area contributed by atoms with E-state index in [4.69, 9.17) is 11.6 Å². The highest BCUT2D eigenvalue weighted by Gasteiger charge is 1.96. The van der Waals surface area contributed by atoms with Crippen molar-refractivity contribution in [3.8, 4) is 0 Å². The minimum atomic E-state index is 0.259. The number of aryl methyl sites for hydroxylation is 1. The Labute approximate surface area is 72.4 Å². The monoisotopic (exact) mass is 169 g/mol. The van der Waals surface area contributed by atoms with Crippen molar-refractivity contribution in [3.05, 3.63) is 30.1 Å². The molecule has 0 saturated carbocycles. The van der Waals surface area contributed by atoms with Crippen LogP contribution in [-0.2, 0) is 6.42 Å². The SMILES string of the molecule is CC(Cl)CCc1cccnc1. The fourth-order valence-corrected chi connectivity index (χ4v) is 1.02. The van der Waals surface area contributed by atoms with Crippen LogP contribution in [0.5, 0.6) is 0 Å². The zero-order valence-corrected chi connectivity index (χ0v) is 7.38. The highest BCUT2D eigenvalue weighted by molar-refractivity contribution is 6.20. The Bertz CT molecular complexity index is 196. The molecule has 1 aromatic heterocycles. The number of nitrogens with zero attached hydrogens (tertiary/aromatic N) is 1. The van der Waals surface area contributed by atoms with Gasteiger partial charge in [-0.1, -0.05) is 6.07 Å². The lowest BCUT2D eigenvalue weighted by molar-refractivity contribution is 0.800. The van der Waals surface area contributed by atoms with Crippen LogP contribution in [0.3, 0.4) is 0 Å². The molecular formula is C9H12ClN. The number of pyridine rings is 1. The number of hydrogen-bond donors (Lipinski definition) is 0. The van der Waals surface area contributed by atoms with E-state index in [1.165, 1.54) is 5.56 Å². The Kier molecular flexibility index (Phi) is 3.37. The van der Waals surface area contributed by atoms with Crippen LogP contribution in [0.4, 0.5) is 0 Å². The molecule has 0 fully saturated rings. The van der Waals surface area contributed by atoms with Gasteiger partial charge in [0.1, 0.15) is 0 Å². The van der Waals surface area contributed by atoms with Crippen molar-refractivity contribution >= 4 is 11.6 Å². The molecule has 0 amide bonds. The van der Waals surface area contributed by atoms with Gasteiger partial charge >= 0.3 is 0 Å². The third-order valence-electron chi connectivity index (χ3n) is 1.55. The maximum absolute atomic E-state index is 5.81. The van der Waals surface area contributed by atoms with Crippen molar-refractivity contribution in [2.75, 3.05) is 0 Å². The van der Waals surface area contributed by atoms with Crippen LogP contribution < -0.4 is 0 Å². The molecule has 11 heavy (non-hydrogen) atoms. The topological polar surface area (TPSA) is 12.9 Å². The summed E-state index contributed by atoms with van der Waals surface area (Å²) in [6.07, 6.45) is 5.72. The number of rotatable bonds is 3. The molecule has 0 aromatic carbocycles. The Morgan fingerprint density at radius 1 is 1.64 bits per heavy atom. The van der Waals surface area contributed by atoms with Crippen molar-refractivity contribution in [2.45, 2.75) is 25.1 Å². The van der Waals surface area contributed by atoms with E-state index in [9.17, 15) is 0 Å². The Morgan fingerprint density at radius 2 is 2.45 bits per heavy atom. The summed E-state index contributed by atoms with van der Waals surface area (Å²) in [7, 11) is 0. The number of hydrogen-bond acceptors (Lipinski definition) is 1. The smallest absolute Gasteiger partial charge is 0.0311 e. The average Bonchev–Trinajstić information content (AvgIpc) is 2.03. The largest absolute Gasteiger partial charge is 0.264 e. The molecule has 1 heterocycles. The van der Waals surface area contributed by atoms with Crippen LogP contribution in [-0.4, -0.2) is 10.4 Å². The summed E-state index contributed by atoms with van der Waals surface area (Å²) in [6, 6.07) is 4.03. The van der Waals surface area contributed by atoms with E-state index >= 15 is 0 Å². The minimum absolute atomic E-state index is 0.259. The van der Waals surface area contributed by atoms with Gasteiger partial charge in [0, 0.05) is 17.8 Å². The van der Waals surface area contributed by atoms with E-state index in [-0.39, 0.29) is 5.38 Å². The predicted octanol–water partition coefficient (Wildman–Crippen LogP) is 2.64. The van der Waals surface area contributed by atoms with Gasteiger partial charge in [-0.15, -0.1) is 11.6 Å². The van der Waals surface area contributed by atoms with Gasteiger partial charge in [-0.2, -0.15) is 0 Å². The third-order valence-corrected chi connectivity index (χ3v) is 1.77. The van der Waals surface area contributed by atoms with Crippen molar-refractivity contribution in [2.24, 2.45) is 0 Å². The molecule has 0 aliphatic heterocycles. The Balaban J connectivity index is 2.39. The standard InChI is InChI=1S/C9H12ClN/c1-8(10)4-5-9-3-2-6-11-7-9/h2-3,6-8H,4-5H2,1H3. The zero-order valence-electron chi connectivity index (χ0n) is 6.63. The first-order valence-electron chi connectivity index (χ1n) is 3.82. The second-order valence-corrected chi connectivity index (χ2v) is 3.43.